The van der Waals surface area contributed by atoms with Crippen LogP contribution >= 0.6 is 46.4 Å². The third-order valence-electron chi connectivity index (χ3n) is 6.23. The van der Waals surface area contributed by atoms with E-state index >= 15 is 0 Å². The fourth-order valence-electron chi connectivity index (χ4n) is 5.52. The summed E-state index contributed by atoms with van der Waals surface area (Å²) in [7, 11) is 0. The number of allylic oxidation sites excluding steroid dienone is 2. The van der Waals surface area contributed by atoms with Crippen LogP contribution in [0.25, 0.3) is 0 Å². The van der Waals surface area contributed by atoms with Gasteiger partial charge in [-0.3, -0.25) is 14.4 Å². The largest absolute Gasteiger partial charge is 0.373 e. The van der Waals surface area contributed by atoms with Gasteiger partial charge in [-0.05, 0) is 13.3 Å². The van der Waals surface area contributed by atoms with E-state index in [4.69, 9.17) is 56.0 Å². The summed E-state index contributed by atoms with van der Waals surface area (Å²) in [5.41, 5.74) is 0. The standard InChI is InChI=1S/C15H13Cl4NO4/c1-2-23-20-12(21)4-5(13(20)22)9-7-6(8(4)24-9)14(18)3-15(7,19)11(17)10(14)16/h4-9H,2-3H2,1H3/t4-,5+,6+,7-,8+,9-,14-,15-/m0/s1. The van der Waals surface area contributed by atoms with Gasteiger partial charge >= 0.3 is 0 Å². The Balaban J connectivity index is 1.61. The van der Waals surface area contributed by atoms with Crippen LogP contribution in [0.4, 0.5) is 0 Å². The van der Waals surface area contributed by atoms with Crippen molar-refractivity contribution in [2.75, 3.05) is 6.61 Å². The summed E-state index contributed by atoms with van der Waals surface area (Å²) in [6.45, 7) is 1.96. The SMILES string of the molecule is CCON1C(=O)[C@@H]2[C@H]3O[C@@H]([C@@H]2C1=O)[C@@H]1[C@H]3[C@@]2(Cl)C[C@@]1(Cl)C(Cl)=C2Cl. The molecule has 0 aromatic heterocycles. The Kier molecular flexibility index (Phi) is 3.11. The Labute approximate surface area is 158 Å². The van der Waals surface area contributed by atoms with Crippen molar-refractivity contribution in [1.82, 2.24) is 5.06 Å². The van der Waals surface area contributed by atoms with Gasteiger partial charge in [0.25, 0.3) is 11.8 Å². The minimum Gasteiger partial charge on any atom is -0.373 e. The van der Waals surface area contributed by atoms with Crippen LogP contribution in [0.3, 0.4) is 0 Å². The van der Waals surface area contributed by atoms with E-state index in [0.717, 1.165) is 5.06 Å². The van der Waals surface area contributed by atoms with Gasteiger partial charge in [-0.25, -0.2) is 0 Å². The van der Waals surface area contributed by atoms with Gasteiger partial charge in [-0.1, -0.05) is 23.2 Å². The number of fused-ring (bicyclic) bond motifs is 12. The normalized spacial score (nSPS) is 54.3. The fraction of sp³-hybridized carbons (Fsp3) is 0.733. The van der Waals surface area contributed by atoms with Crippen molar-refractivity contribution >= 4 is 58.2 Å². The molecule has 0 aromatic rings. The molecule has 4 bridgehead atoms. The molecule has 3 saturated heterocycles. The molecule has 5 nitrogen and oxygen atoms in total. The number of ether oxygens (including phenoxy) is 1. The van der Waals surface area contributed by atoms with E-state index in [1.807, 2.05) is 0 Å². The monoisotopic (exact) mass is 411 g/mol. The summed E-state index contributed by atoms with van der Waals surface area (Å²) in [6, 6.07) is 0. The first kappa shape index (κ1) is 16.2. The van der Waals surface area contributed by atoms with Crippen LogP contribution in [0.2, 0.25) is 0 Å². The van der Waals surface area contributed by atoms with E-state index in [0.29, 0.717) is 16.5 Å². The molecule has 3 aliphatic heterocycles. The highest BCUT2D eigenvalue weighted by atomic mass is 35.5. The van der Waals surface area contributed by atoms with E-state index in [2.05, 4.69) is 0 Å². The van der Waals surface area contributed by atoms with Crippen LogP contribution in [0.1, 0.15) is 13.3 Å². The summed E-state index contributed by atoms with van der Waals surface area (Å²) < 4.78 is 6.04. The first-order chi connectivity index (χ1) is 11.3. The van der Waals surface area contributed by atoms with Crippen molar-refractivity contribution < 1.29 is 19.2 Å². The van der Waals surface area contributed by atoms with Crippen molar-refractivity contribution in [1.29, 1.82) is 0 Å². The number of rotatable bonds is 2. The molecule has 0 unspecified atom stereocenters. The van der Waals surface area contributed by atoms with E-state index < -0.39 is 33.8 Å². The van der Waals surface area contributed by atoms with Crippen LogP contribution < -0.4 is 0 Å². The van der Waals surface area contributed by atoms with Gasteiger partial charge in [-0.15, -0.1) is 23.2 Å². The number of carbonyl (C=O) groups is 2. The third-order valence-corrected chi connectivity index (χ3v) is 8.72. The van der Waals surface area contributed by atoms with Crippen molar-refractivity contribution in [2.24, 2.45) is 23.7 Å². The van der Waals surface area contributed by atoms with Crippen LogP contribution in [0, 0.1) is 23.7 Å². The summed E-state index contributed by atoms with van der Waals surface area (Å²) in [4.78, 5) is 28.7. The van der Waals surface area contributed by atoms with Gasteiger partial charge in [0.1, 0.15) is 0 Å². The number of hydrogen-bond acceptors (Lipinski definition) is 4. The molecule has 1 saturated carbocycles. The summed E-state index contributed by atoms with van der Waals surface area (Å²) >= 11 is 26.4. The zero-order chi connectivity index (χ0) is 17.2. The summed E-state index contributed by atoms with van der Waals surface area (Å²) in [5, 5.41) is 1.56. The zero-order valence-corrected chi connectivity index (χ0v) is 15.5. The number of carbonyl (C=O) groups excluding carboxylic acids is 2. The second kappa shape index (κ2) is 4.62. The number of hydroxylamine groups is 2. The minimum atomic E-state index is -0.933. The molecule has 2 aliphatic carbocycles. The lowest BCUT2D eigenvalue weighted by Crippen LogP contribution is -2.50. The highest BCUT2D eigenvalue weighted by molar-refractivity contribution is 6.51. The van der Waals surface area contributed by atoms with E-state index in [1.54, 1.807) is 6.92 Å². The Morgan fingerprint density at radius 2 is 1.54 bits per heavy atom. The molecule has 3 heterocycles. The van der Waals surface area contributed by atoms with Gasteiger partial charge < -0.3 is 4.74 Å². The lowest BCUT2D eigenvalue weighted by atomic mass is 9.65. The molecule has 0 aromatic carbocycles. The summed E-state index contributed by atoms with van der Waals surface area (Å²) in [6.07, 6.45) is -0.601. The molecule has 130 valence electrons. The van der Waals surface area contributed by atoms with Crippen molar-refractivity contribution in [3.63, 3.8) is 0 Å². The number of hydrogen-bond donors (Lipinski definition) is 0. The van der Waals surface area contributed by atoms with Gasteiger partial charge in [0.2, 0.25) is 0 Å². The average molecular weight is 413 g/mol. The van der Waals surface area contributed by atoms with Crippen molar-refractivity contribution in [2.45, 2.75) is 35.3 Å². The third kappa shape index (κ3) is 1.47. The molecular formula is C15H13Cl4NO4. The maximum Gasteiger partial charge on any atom is 0.260 e. The fourth-order valence-corrected chi connectivity index (χ4v) is 7.54. The minimum absolute atomic E-state index is 0.234. The summed E-state index contributed by atoms with van der Waals surface area (Å²) in [5.74, 6) is -2.39. The number of nitrogens with zero attached hydrogens (tertiary/aromatic N) is 1. The lowest BCUT2D eigenvalue weighted by molar-refractivity contribution is -0.191. The number of alkyl halides is 2. The Hall–Kier alpha value is -0.0400. The predicted octanol–water partition coefficient (Wildman–Crippen LogP) is 2.61. The van der Waals surface area contributed by atoms with Crippen LogP contribution in [0.5, 0.6) is 0 Å². The van der Waals surface area contributed by atoms with Crippen molar-refractivity contribution in [3.8, 4) is 0 Å². The highest BCUT2D eigenvalue weighted by Crippen LogP contribution is 2.75. The van der Waals surface area contributed by atoms with Gasteiger partial charge in [0, 0.05) is 11.8 Å². The quantitative estimate of drug-likeness (QED) is 0.516. The Morgan fingerprint density at radius 1 is 1.08 bits per heavy atom. The maximum absolute atomic E-state index is 12.7. The smallest absolute Gasteiger partial charge is 0.260 e. The number of amides is 2. The molecule has 0 spiro atoms. The predicted molar refractivity (Wildman–Crippen MR) is 86.6 cm³/mol. The topological polar surface area (TPSA) is 55.8 Å². The highest BCUT2D eigenvalue weighted by Gasteiger charge is 2.82. The molecule has 2 amide bonds. The van der Waals surface area contributed by atoms with E-state index in [9.17, 15) is 9.59 Å². The molecule has 0 N–H and O–H groups in total. The first-order valence-electron chi connectivity index (χ1n) is 7.87. The first-order valence-corrected chi connectivity index (χ1v) is 9.38. The average Bonchev–Trinajstić information content (AvgIpc) is 3.25. The Bertz CT molecular complexity index is 674. The van der Waals surface area contributed by atoms with E-state index in [-0.39, 0.29) is 30.3 Å². The molecular weight excluding hydrogens is 400 g/mol. The molecule has 5 aliphatic rings. The van der Waals surface area contributed by atoms with Crippen LogP contribution in [-0.4, -0.2) is 45.4 Å². The molecule has 9 heteroatoms. The van der Waals surface area contributed by atoms with E-state index in [1.165, 1.54) is 0 Å². The zero-order valence-electron chi connectivity index (χ0n) is 12.5. The van der Waals surface area contributed by atoms with Crippen LogP contribution in [-0.2, 0) is 19.2 Å². The van der Waals surface area contributed by atoms with Gasteiger partial charge in [0.05, 0.1) is 50.5 Å². The molecule has 5 rings (SSSR count). The number of imide groups is 1. The van der Waals surface area contributed by atoms with Crippen molar-refractivity contribution in [3.05, 3.63) is 10.1 Å². The molecule has 0 radical (unpaired) electrons. The van der Waals surface area contributed by atoms with Crippen LogP contribution in [0.15, 0.2) is 10.1 Å². The van der Waals surface area contributed by atoms with Gasteiger partial charge in [-0.2, -0.15) is 5.06 Å². The molecule has 4 fully saturated rings. The second-order valence-electron chi connectivity index (χ2n) is 7.09. The lowest BCUT2D eigenvalue weighted by Gasteiger charge is -2.40. The second-order valence-corrected chi connectivity index (χ2v) is 9.19. The maximum atomic E-state index is 12.7. The molecule has 24 heavy (non-hydrogen) atoms. The Morgan fingerprint density at radius 3 is 1.96 bits per heavy atom. The van der Waals surface area contributed by atoms with Gasteiger partial charge in [0.15, 0.2) is 0 Å². The number of halogens is 4. The molecule has 8 atom stereocenters.